The Kier molecular flexibility index (Phi) is 5.22. The first-order valence-corrected chi connectivity index (χ1v) is 7.49. The summed E-state index contributed by atoms with van der Waals surface area (Å²) in [6.45, 7) is 1.89. The lowest BCUT2D eigenvalue weighted by molar-refractivity contribution is -0.143. The van der Waals surface area contributed by atoms with Crippen LogP contribution in [0.2, 0.25) is 0 Å². The molecular formula is C15H25N3O3. The van der Waals surface area contributed by atoms with E-state index in [0.717, 1.165) is 24.1 Å². The number of nitrogens with one attached hydrogen (secondary N) is 1. The van der Waals surface area contributed by atoms with Crippen LogP contribution in [0, 0.1) is 6.92 Å². The number of aryl methyl sites for hydroxylation is 2. The molecule has 0 amide bonds. The van der Waals surface area contributed by atoms with Crippen LogP contribution in [0.25, 0.3) is 0 Å². The number of aromatic nitrogens is 2. The second kappa shape index (κ2) is 6.93. The van der Waals surface area contributed by atoms with Crippen molar-refractivity contribution in [3.8, 4) is 5.88 Å². The van der Waals surface area contributed by atoms with Gasteiger partial charge in [0.25, 0.3) is 0 Å². The molecule has 6 nitrogen and oxygen atoms in total. The maximum Gasteiger partial charge on any atom is 0.327 e. The summed E-state index contributed by atoms with van der Waals surface area (Å²) >= 11 is 0. The van der Waals surface area contributed by atoms with Gasteiger partial charge in [-0.15, -0.1) is 0 Å². The van der Waals surface area contributed by atoms with Crippen LogP contribution >= 0.6 is 0 Å². The van der Waals surface area contributed by atoms with Crippen molar-refractivity contribution in [2.45, 2.75) is 51.1 Å². The molecule has 1 aliphatic carbocycles. The highest BCUT2D eigenvalue weighted by Crippen LogP contribution is 2.30. The molecule has 1 fully saturated rings. The van der Waals surface area contributed by atoms with E-state index in [9.17, 15) is 4.79 Å². The van der Waals surface area contributed by atoms with Crippen molar-refractivity contribution in [1.82, 2.24) is 15.1 Å². The normalized spacial score (nSPS) is 17.5. The van der Waals surface area contributed by atoms with E-state index in [1.807, 2.05) is 14.0 Å². The average Bonchev–Trinajstić information content (AvgIpc) is 2.78. The van der Waals surface area contributed by atoms with E-state index in [2.05, 4.69) is 10.4 Å². The van der Waals surface area contributed by atoms with E-state index in [0.29, 0.717) is 11.9 Å². The quantitative estimate of drug-likeness (QED) is 0.840. The minimum atomic E-state index is -0.526. The molecule has 0 aliphatic heterocycles. The Hall–Kier alpha value is -1.56. The van der Waals surface area contributed by atoms with Crippen molar-refractivity contribution in [3.05, 3.63) is 11.3 Å². The number of esters is 1. The molecule has 0 aromatic carbocycles. The predicted molar refractivity (Wildman–Crippen MR) is 79.3 cm³/mol. The molecule has 0 spiro atoms. The van der Waals surface area contributed by atoms with Gasteiger partial charge in [-0.25, -0.2) is 9.48 Å². The van der Waals surface area contributed by atoms with Crippen LogP contribution in [-0.2, 0) is 16.6 Å². The first-order chi connectivity index (χ1) is 10.1. The largest absolute Gasteiger partial charge is 0.481 e. The van der Waals surface area contributed by atoms with Gasteiger partial charge in [0, 0.05) is 13.1 Å². The van der Waals surface area contributed by atoms with E-state index >= 15 is 0 Å². The molecule has 1 atom stereocenters. The fraction of sp³-hybridized carbons (Fsp3) is 0.733. The zero-order valence-corrected chi connectivity index (χ0v) is 13.3. The Morgan fingerprint density at radius 1 is 1.33 bits per heavy atom. The van der Waals surface area contributed by atoms with Crippen molar-refractivity contribution >= 4 is 5.97 Å². The van der Waals surface area contributed by atoms with Crippen molar-refractivity contribution in [2.75, 3.05) is 14.2 Å². The molecule has 0 radical (unpaired) electrons. The first-order valence-electron chi connectivity index (χ1n) is 7.49. The van der Waals surface area contributed by atoms with Crippen molar-refractivity contribution in [2.24, 2.45) is 7.05 Å². The Labute approximate surface area is 125 Å². The predicted octanol–water partition coefficient (Wildman–Crippen LogP) is 1.87. The lowest BCUT2D eigenvalue weighted by Gasteiger charge is -2.27. The summed E-state index contributed by atoms with van der Waals surface area (Å²) < 4.78 is 12.0. The van der Waals surface area contributed by atoms with Gasteiger partial charge >= 0.3 is 5.97 Å². The lowest BCUT2D eigenvalue weighted by atomic mass is 9.94. The molecule has 6 heteroatoms. The SMILES string of the molecule is COC(=O)C(NC1CCCCC1)c1c(C)nn(C)c1OC. The Morgan fingerprint density at radius 3 is 2.57 bits per heavy atom. The molecule has 21 heavy (non-hydrogen) atoms. The molecule has 1 heterocycles. The van der Waals surface area contributed by atoms with Gasteiger partial charge in [-0.2, -0.15) is 5.10 Å². The molecule has 1 aliphatic rings. The van der Waals surface area contributed by atoms with Gasteiger partial charge in [-0.1, -0.05) is 19.3 Å². The summed E-state index contributed by atoms with van der Waals surface area (Å²) in [6.07, 6.45) is 5.87. The first kappa shape index (κ1) is 15.8. The summed E-state index contributed by atoms with van der Waals surface area (Å²) in [5.74, 6) is 0.307. The van der Waals surface area contributed by atoms with Crippen LogP contribution in [0.3, 0.4) is 0 Å². The summed E-state index contributed by atoms with van der Waals surface area (Å²) in [6, 6.07) is -0.186. The number of hydrogen-bond donors (Lipinski definition) is 1. The highest BCUT2D eigenvalue weighted by molar-refractivity contribution is 5.78. The number of nitrogens with zero attached hydrogens (tertiary/aromatic N) is 2. The topological polar surface area (TPSA) is 65.4 Å². The van der Waals surface area contributed by atoms with Gasteiger partial charge < -0.3 is 9.47 Å². The molecule has 0 bridgehead atoms. The van der Waals surface area contributed by atoms with Gasteiger partial charge in [0.1, 0.15) is 6.04 Å². The summed E-state index contributed by atoms with van der Waals surface area (Å²) in [7, 11) is 4.81. The molecule has 1 N–H and O–H groups in total. The minimum absolute atomic E-state index is 0.296. The van der Waals surface area contributed by atoms with Crippen molar-refractivity contribution in [3.63, 3.8) is 0 Å². The van der Waals surface area contributed by atoms with Crippen LogP contribution in [0.4, 0.5) is 0 Å². The van der Waals surface area contributed by atoms with Gasteiger partial charge in [0.2, 0.25) is 5.88 Å². The van der Waals surface area contributed by atoms with Crippen molar-refractivity contribution in [1.29, 1.82) is 0 Å². The minimum Gasteiger partial charge on any atom is -0.481 e. The van der Waals surface area contributed by atoms with Crippen LogP contribution in [0.1, 0.15) is 49.4 Å². The van der Waals surface area contributed by atoms with Gasteiger partial charge in [-0.05, 0) is 19.8 Å². The zero-order chi connectivity index (χ0) is 15.4. The van der Waals surface area contributed by atoms with Crippen LogP contribution < -0.4 is 10.1 Å². The molecule has 1 aromatic heterocycles. The summed E-state index contributed by atoms with van der Waals surface area (Å²) in [4.78, 5) is 12.2. The van der Waals surface area contributed by atoms with Gasteiger partial charge in [-0.3, -0.25) is 5.32 Å². The number of carbonyl (C=O) groups excluding carboxylic acids is 1. The summed E-state index contributed by atoms with van der Waals surface area (Å²) in [5, 5.41) is 7.80. The number of carbonyl (C=O) groups is 1. The van der Waals surface area contributed by atoms with Gasteiger partial charge in [0.15, 0.2) is 0 Å². The van der Waals surface area contributed by atoms with E-state index in [1.165, 1.54) is 26.4 Å². The van der Waals surface area contributed by atoms with Crippen LogP contribution in [0.15, 0.2) is 0 Å². The Morgan fingerprint density at radius 2 is 2.00 bits per heavy atom. The molecule has 1 aromatic rings. The van der Waals surface area contributed by atoms with Crippen LogP contribution in [0.5, 0.6) is 5.88 Å². The fourth-order valence-corrected chi connectivity index (χ4v) is 3.12. The molecule has 2 rings (SSSR count). The van der Waals surface area contributed by atoms with E-state index < -0.39 is 6.04 Å². The molecule has 118 valence electrons. The maximum absolute atomic E-state index is 12.2. The summed E-state index contributed by atoms with van der Waals surface area (Å²) in [5.41, 5.74) is 1.56. The molecule has 1 unspecified atom stereocenters. The number of rotatable bonds is 5. The number of ether oxygens (including phenoxy) is 2. The monoisotopic (exact) mass is 295 g/mol. The maximum atomic E-state index is 12.2. The highest BCUT2D eigenvalue weighted by atomic mass is 16.5. The zero-order valence-electron chi connectivity index (χ0n) is 13.3. The number of methoxy groups -OCH3 is 2. The van der Waals surface area contributed by atoms with E-state index in [4.69, 9.17) is 9.47 Å². The fourth-order valence-electron chi connectivity index (χ4n) is 3.12. The lowest BCUT2D eigenvalue weighted by Crippen LogP contribution is -2.39. The number of hydrogen-bond acceptors (Lipinski definition) is 5. The second-order valence-electron chi connectivity index (χ2n) is 5.59. The van der Waals surface area contributed by atoms with E-state index in [-0.39, 0.29) is 5.97 Å². The van der Waals surface area contributed by atoms with Crippen LogP contribution in [-0.4, -0.2) is 36.0 Å². The third-order valence-corrected chi connectivity index (χ3v) is 4.14. The molecular weight excluding hydrogens is 270 g/mol. The third-order valence-electron chi connectivity index (χ3n) is 4.14. The van der Waals surface area contributed by atoms with Gasteiger partial charge in [0.05, 0.1) is 25.5 Å². The molecule has 0 saturated heterocycles. The Balaban J connectivity index is 2.29. The smallest absolute Gasteiger partial charge is 0.327 e. The Bertz CT molecular complexity index is 493. The second-order valence-corrected chi connectivity index (χ2v) is 5.59. The highest BCUT2D eigenvalue weighted by Gasteiger charge is 2.32. The molecule has 1 saturated carbocycles. The standard InChI is InChI=1S/C15H25N3O3/c1-10-12(14(20-3)18(2)17-10)13(15(19)21-4)16-11-8-6-5-7-9-11/h11,13,16H,5-9H2,1-4H3. The van der Waals surface area contributed by atoms with Crippen molar-refractivity contribution < 1.29 is 14.3 Å². The van der Waals surface area contributed by atoms with E-state index in [1.54, 1.807) is 11.8 Å². The average molecular weight is 295 g/mol. The third kappa shape index (κ3) is 3.37.